The van der Waals surface area contributed by atoms with E-state index in [1.807, 2.05) is 42.5 Å². The zero-order valence-corrected chi connectivity index (χ0v) is 26.8. The van der Waals surface area contributed by atoms with Crippen molar-refractivity contribution >= 4 is 40.7 Å². The lowest BCUT2D eigenvalue weighted by Gasteiger charge is -2.32. The number of benzene rings is 2. The Bertz CT molecular complexity index is 1550. The maximum absolute atomic E-state index is 14.2. The minimum atomic E-state index is -1.01. The molecule has 4 rings (SSSR count). The number of ether oxygens (including phenoxy) is 1. The number of rotatable bonds is 13. The third-order valence-corrected chi connectivity index (χ3v) is 8.07. The number of nitrogens with one attached hydrogen (secondary N) is 3. The topological polar surface area (TPSA) is 160 Å². The van der Waals surface area contributed by atoms with E-state index in [0.29, 0.717) is 18.5 Å². The van der Waals surface area contributed by atoms with Gasteiger partial charge in [0.25, 0.3) is 5.91 Å². The summed E-state index contributed by atoms with van der Waals surface area (Å²) in [5.74, 6) is -2.12. The van der Waals surface area contributed by atoms with E-state index in [-0.39, 0.29) is 30.5 Å². The van der Waals surface area contributed by atoms with Gasteiger partial charge >= 0.3 is 0 Å². The summed E-state index contributed by atoms with van der Waals surface area (Å²) in [5.41, 5.74) is 0.0570. The second-order valence-electron chi connectivity index (χ2n) is 12.2. The molecule has 0 unspecified atom stereocenters. The van der Waals surface area contributed by atoms with E-state index < -0.39 is 53.9 Å². The molecule has 0 aliphatic carbocycles. The van der Waals surface area contributed by atoms with E-state index in [1.54, 1.807) is 34.6 Å². The largest absolute Gasteiger partial charge is 0.488 e. The van der Waals surface area contributed by atoms with Crippen LogP contribution in [0.25, 0.3) is 10.8 Å². The highest BCUT2D eigenvalue weighted by molar-refractivity contribution is 5.98. The fraction of sp³-hybridized carbons (Fsp3) is 0.441. The minimum absolute atomic E-state index is 0.0570. The molecule has 3 N–H and O–H groups in total. The van der Waals surface area contributed by atoms with Crippen molar-refractivity contribution in [2.75, 3.05) is 6.54 Å². The van der Waals surface area contributed by atoms with Gasteiger partial charge in [0, 0.05) is 18.8 Å². The Morgan fingerprint density at radius 1 is 0.957 bits per heavy atom. The summed E-state index contributed by atoms with van der Waals surface area (Å²) in [5, 5.41) is 10.3. The van der Waals surface area contributed by atoms with Crippen LogP contribution in [0.4, 0.5) is 0 Å². The van der Waals surface area contributed by atoms with E-state index in [9.17, 15) is 24.0 Å². The van der Waals surface area contributed by atoms with Gasteiger partial charge < -0.3 is 30.4 Å². The quantitative estimate of drug-likeness (QED) is 0.243. The van der Waals surface area contributed by atoms with Crippen LogP contribution in [-0.4, -0.2) is 81.6 Å². The van der Waals surface area contributed by atoms with Gasteiger partial charge in [-0.3, -0.25) is 24.2 Å². The van der Waals surface area contributed by atoms with Gasteiger partial charge in [0.05, 0.1) is 18.8 Å². The third-order valence-electron chi connectivity index (χ3n) is 8.07. The molecule has 0 radical (unpaired) electrons. The molecule has 1 saturated heterocycles. The van der Waals surface area contributed by atoms with E-state index in [1.165, 1.54) is 23.5 Å². The number of hydrogen-bond donors (Lipinski definition) is 3. The summed E-state index contributed by atoms with van der Waals surface area (Å²) in [6.07, 6.45) is 4.86. The lowest BCUT2D eigenvalue weighted by atomic mass is 9.98. The van der Waals surface area contributed by atoms with Crippen molar-refractivity contribution in [1.29, 1.82) is 0 Å². The van der Waals surface area contributed by atoms with Gasteiger partial charge in [-0.1, -0.05) is 65.0 Å². The number of amides is 4. The van der Waals surface area contributed by atoms with Crippen molar-refractivity contribution in [2.45, 2.75) is 77.7 Å². The number of nitrogens with zero attached hydrogens (tertiary/aromatic N) is 3. The van der Waals surface area contributed by atoms with Gasteiger partial charge in [0.1, 0.15) is 42.0 Å². The van der Waals surface area contributed by atoms with Crippen LogP contribution in [0, 0.1) is 11.8 Å². The first kappa shape index (κ1) is 34.0. The zero-order valence-electron chi connectivity index (χ0n) is 26.8. The Morgan fingerprint density at radius 3 is 2.30 bits per heavy atom. The Morgan fingerprint density at radius 2 is 1.67 bits per heavy atom. The van der Waals surface area contributed by atoms with Crippen LogP contribution in [0.15, 0.2) is 61.1 Å². The smallest absolute Gasteiger partial charge is 0.272 e. The average Bonchev–Trinajstić information content (AvgIpc) is 3.48. The van der Waals surface area contributed by atoms with Crippen molar-refractivity contribution in [3.05, 3.63) is 66.7 Å². The van der Waals surface area contributed by atoms with Gasteiger partial charge in [-0.05, 0) is 41.2 Å². The maximum atomic E-state index is 14.2. The summed E-state index contributed by atoms with van der Waals surface area (Å²) >= 11 is 0. The molecule has 2 heterocycles. The van der Waals surface area contributed by atoms with E-state index in [0.717, 1.165) is 10.8 Å². The van der Waals surface area contributed by atoms with Crippen molar-refractivity contribution in [2.24, 2.45) is 11.8 Å². The average molecular weight is 631 g/mol. The maximum Gasteiger partial charge on any atom is 0.272 e. The highest BCUT2D eigenvalue weighted by Crippen LogP contribution is 2.27. The predicted molar refractivity (Wildman–Crippen MR) is 172 cm³/mol. The molecule has 0 saturated carbocycles. The monoisotopic (exact) mass is 630 g/mol. The summed E-state index contributed by atoms with van der Waals surface area (Å²) in [6, 6.07) is 9.96. The van der Waals surface area contributed by atoms with Crippen LogP contribution < -0.4 is 20.7 Å². The Hall–Kier alpha value is -4.87. The number of likely N-dealkylation sites (tertiary alicyclic amines) is 1. The number of fused-ring (bicyclic) bond motifs is 1. The van der Waals surface area contributed by atoms with Crippen LogP contribution in [0.5, 0.6) is 5.75 Å². The number of hydrogen-bond acceptors (Lipinski definition) is 8. The Labute approximate surface area is 268 Å². The number of aldehydes is 1. The molecule has 3 aromatic rings. The molecule has 12 nitrogen and oxygen atoms in total. The standard InChI is InChI=1S/C34H42N6O6/c1-6-24(19-41)37-32(43)28-16-26(46-25-12-11-22-9-7-8-10-23(22)15-25)18-40(28)34(45)30(21(4)5)39-33(44)29(20(2)3)38-31(42)27-17-35-13-14-36-27/h7-15,17,19-21,24,26,28-30H,6,16,18H2,1-5H3,(H,37,43)(H,38,42)(H,39,44)/t24-,26+,28-,29+,30+/m0/s1. The molecule has 46 heavy (non-hydrogen) atoms. The molecule has 12 heteroatoms. The molecule has 1 aliphatic heterocycles. The predicted octanol–water partition coefficient (Wildman–Crippen LogP) is 2.67. The fourth-order valence-corrected chi connectivity index (χ4v) is 5.42. The molecule has 1 fully saturated rings. The third kappa shape index (κ3) is 8.23. The summed E-state index contributed by atoms with van der Waals surface area (Å²) in [6.45, 7) is 9.01. The van der Waals surface area contributed by atoms with Crippen LogP contribution in [0.3, 0.4) is 0 Å². The van der Waals surface area contributed by atoms with Crippen LogP contribution in [-0.2, 0) is 19.2 Å². The first-order valence-corrected chi connectivity index (χ1v) is 15.6. The summed E-state index contributed by atoms with van der Waals surface area (Å²) in [4.78, 5) is 74.8. The number of carbonyl (C=O) groups excluding carboxylic acids is 5. The van der Waals surface area contributed by atoms with Gasteiger partial charge in [-0.25, -0.2) is 4.98 Å². The second kappa shape index (κ2) is 15.4. The van der Waals surface area contributed by atoms with Crippen LogP contribution in [0.1, 0.15) is 57.9 Å². The number of carbonyl (C=O) groups is 5. The molecular weight excluding hydrogens is 588 g/mol. The van der Waals surface area contributed by atoms with Crippen molar-refractivity contribution < 1.29 is 28.7 Å². The fourth-order valence-electron chi connectivity index (χ4n) is 5.42. The molecule has 5 atom stereocenters. The first-order valence-electron chi connectivity index (χ1n) is 15.6. The van der Waals surface area contributed by atoms with Gasteiger partial charge in [0.15, 0.2) is 0 Å². The molecule has 1 aromatic heterocycles. The molecule has 2 aromatic carbocycles. The highest BCUT2D eigenvalue weighted by atomic mass is 16.5. The van der Waals surface area contributed by atoms with E-state index in [4.69, 9.17) is 4.74 Å². The van der Waals surface area contributed by atoms with Gasteiger partial charge in [0.2, 0.25) is 17.7 Å². The van der Waals surface area contributed by atoms with Crippen LogP contribution >= 0.6 is 0 Å². The minimum Gasteiger partial charge on any atom is -0.488 e. The Kier molecular flexibility index (Phi) is 11.4. The second-order valence-corrected chi connectivity index (χ2v) is 12.2. The Balaban J connectivity index is 1.55. The zero-order chi connectivity index (χ0) is 33.4. The van der Waals surface area contributed by atoms with E-state index >= 15 is 0 Å². The van der Waals surface area contributed by atoms with Crippen LogP contribution in [0.2, 0.25) is 0 Å². The lowest BCUT2D eigenvalue weighted by molar-refractivity contribution is -0.143. The van der Waals surface area contributed by atoms with Crippen molar-refractivity contribution in [3.8, 4) is 5.75 Å². The molecule has 244 valence electrons. The van der Waals surface area contributed by atoms with Crippen molar-refractivity contribution in [1.82, 2.24) is 30.8 Å². The SMILES string of the molecule is CC[C@@H](C=O)NC(=O)[C@@H]1C[C@@H](Oc2ccc3ccccc3c2)CN1C(=O)[C@H](NC(=O)[C@H](NC(=O)c1cnccn1)C(C)C)C(C)C. The van der Waals surface area contributed by atoms with Gasteiger partial charge in [-0.15, -0.1) is 0 Å². The molecule has 4 amide bonds. The number of aromatic nitrogens is 2. The lowest BCUT2D eigenvalue weighted by Crippen LogP contribution is -2.59. The molecular formula is C34H42N6O6. The molecule has 1 aliphatic rings. The normalized spacial score (nSPS) is 18.1. The van der Waals surface area contributed by atoms with Crippen molar-refractivity contribution in [3.63, 3.8) is 0 Å². The van der Waals surface area contributed by atoms with Gasteiger partial charge in [-0.2, -0.15) is 0 Å². The molecule has 0 bridgehead atoms. The first-order chi connectivity index (χ1) is 22.0. The molecule has 0 spiro atoms. The summed E-state index contributed by atoms with van der Waals surface area (Å²) < 4.78 is 6.29. The van der Waals surface area contributed by atoms with E-state index in [2.05, 4.69) is 25.9 Å². The highest BCUT2D eigenvalue weighted by Gasteiger charge is 2.44. The summed E-state index contributed by atoms with van der Waals surface area (Å²) in [7, 11) is 0.